The van der Waals surface area contributed by atoms with Crippen molar-refractivity contribution in [3.05, 3.63) is 25.3 Å². The maximum absolute atomic E-state index is 14.1. The molecule has 3 fully saturated rings. The maximum atomic E-state index is 14.1. The lowest BCUT2D eigenvalue weighted by Crippen LogP contribution is -2.61. The zero-order valence-electron chi connectivity index (χ0n) is 20.5. The molecule has 2 amide bonds. The second-order valence-corrected chi connectivity index (χ2v) is 11.6. The number of nitrogens with zero attached hydrogens (tertiary/aromatic N) is 2. The first-order valence-electron chi connectivity index (χ1n) is 11.9. The number of allylic oxidation sites excluding steroid dienone is 1. The average molecular weight is 541 g/mol. The molecule has 1 N–H and O–H groups in total. The van der Waals surface area contributed by atoms with Crippen molar-refractivity contribution in [3.63, 3.8) is 0 Å². The standard InChI is InChI=1S/C25H37BrN2O6/c1-7-9-10-12-33-23(32)17-18-21(30)28(15(3)14-29)20(25(18)13-16(26)19(17)34-25)22(31)27(11-8-2)24(4,5)6/h7-8,15-20,29H,1-2,9-14H2,3-6H3/t15-,16?,17+,18+,19+,20?,25?/m1/s1. The highest BCUT2D eigenvalue weighted by atomic mass is 79.9. The molecule has 3 rings (SSSR count). The van der Waals surface area contributed by atoms with Crippen LogP contribution >= 0.6 is 15.9 Å². The summed E-state index contributed by atoms with van der Waals surface area (Å²) in [6.07, 6.45) is 4.61. The van der Waals surface area contributed by atoms with Gasteiger partial charge in [0.15, 0.2) is 0 Å². The fourth-order valence-electron chi connectivity index (χ4n) is 5.65. The predicted molar refractivity (Wildman–Crippen MR) is 131 cm³/mol. The number of carbonyl (C=O) groups is 3. The van der Waals surface area contributed by atoms with E-state index in [-0.39, 0.29) is 29.9 Å². The van der Waals surface area contributed by atoms with Gasteiger partial charge in [-0.25, -0.2) is 0 Å². The van der Waals surface area contributed by atoms with Crippen LogP contribution in [0.15, 0.2) is 25.3 Å². The van der Waals surface area contributed by atoms with E-state index in [9.17, 15) is 19.5 Å². The molecule has 1 spiro atoms. The Bertz CT molecular complexity index is 842. The number of ether oxygens (including phenoxy) is 2. The SMILES string of the molecule is C=CCCCOC(=O)[C@H]1[C@H]2C(=O)N([C@H](C)CO)C(C(=O)N(CC=C)C(C)(C)C)C23CC(Br)[C@@H]1O3. The summed E-state index contributed by atoms with van der Waals surface area (Å²) in [4.78, 5) is 44.0. The third-order valence-corrected chi connectivity index (χ3v) is 8.00. The summed E-state index contributed by atoms with van der Waals surface area (Å²) in [5.41, 5.74) is -1.71. The van der Waals surface area contributed by atoms with Gasteiger partial charge >= 0.3 is 5.97 Å². The number of amides is 2. The molecular formula is C25H37BrN2O6. The second kappa shape index (κ2) is 10.1. The first-order valence-corrected chi connectivity index (χ1v) is 12.8. The summed E-state index contributed by atoms with van der Waals surface area (Å²) in [5, 5.41) is 9.95. The lowest BCUT2D eigenvalue weighted by atomic mass is 9.70. The number of hydrogen-bond acceptors (Lipinski definition) is 6. The van der Waals surface area contributed by atoms with Gasteiger partial charge in [-0.2, -0.15) is 0 Å². The molecule has 8 nitrogen and oxygen atoms in total. The number of hydrogen-bond donors (Lipinski definition) is 1. The Morgan fingerprint density at radius 2 is 2.06 bits per heavy atom. The monoisotopic (exact) mass is 540 g/mol. The Balaban J connectivity index is 2.03. The van der Waals surface area contributed by atoms with Crippen molar-refractivity contribution >= 4 is 33.7 Å². The number of halogens is 1. The molecule has 0 aliphatic carbocycles. The number of carbonyl (C=O) groups excluding carboxylic acids is 3. The van der Waals surface area contributed by atoms with E-state index in [4.69, 9.17) is 9.47 Å². The highest BCUT2D eigenvalue weighted by Crippen LogP contribution is 2.60. The lowest BCUT2D eigenvalue weighted by Gasteiger charge is -2.43. The number of aliphatic hydroxyl groups excluding tert-OH is 1. The number of esters is 1. The van der Waals surface area contributed by atoms with Crippen LogP contribution in [-0.4, -0.2) is 86.6 Å². The first kappa shape index (κ1) is 26.9. The molecule has 3 unspecified atom stereocenters. The Morgan fingerprint density at radius 1 is 1.38 bits per heavy atom. The van der Waals surface area contributed by atoms with Crippen LogP contribution in [0, 0.1) is 11.8 Å². The van der Waals surface area contributed by atoms with Crippen molar-refractivity contribution in [3.8, 4) is 0 Å². The smallest absolute Gasteiger partial charge is 0.312 e. The van der Waals surface area contributed by atoms with Gasteiger partial charge in [-0.1, -0.05) is 28.1 Å². The molecular weight excluding hydrogens is 504 g/mol. The van der Waals surface area contributed by atoms with Crippen LogP contribution in [0.1, 0.15) is 47.0 Å². The molecule has 0 aromatic carbocycles. The van der Waals surface area contributed by atoms with Crippen molar-refractivity contribution in [2.24, 2.45) is 11.8 Å². The molecule has 3 saturated heterocycles. The number of aliphatic hydroxyl groups is 1. The molecule has 0 aromatic rings. The van der Waals surface area contributed by atoms with E-state index < -0.39 is 47.1 Å². The molecule has 0 aromatic heterocycles. The largest absolute Gasteiger partial charge is 0.465 e. The minimum Gasteiger partial charge on any atom is -0.465 e. The molecule has 7 atom stereocenters. The van der Waals surface area contributed by atoms with Gasteiger partial charge in [-0.3, -0.25) is 14.4 Å². The van der Waals surface area contributed by atoms with Crippen molar-refractivity contribution < 1.29 is 29.0 Å². The van der Waals surface area contributed by atoms with Crippen LogP contribution in [0.3, 0.4) is 0 Å². The van der Waals surface area contributed by atoms with Gasteiger partial charge in [0.25, 0.3) is 0 Å². The Labute approximate surface area is 210 Å². The first-order chi connectivity index (χ1) is 16.0. The van der Waals surface area contributed by atoms with E-state index in [0.717, 1.165) is 6.42 Å². The topological polar surface area (TPSA) is 96.4 Å². The van der Waals surface area contributed by atoms with E-state index in [2.05, 4.69) is 29.1 Å². The summed E-state index contributed by atoms with van der Waals surface area (Å²) >= 11 is 3.64. The van der Waals surface area contributed by atoms with Gasteiger partial charge in [-0.15, -0.1) is 13.2 Å². The van der Waals surface area contributed by atoms with Crippen molar-refractivity contribution in [1.29, 1.82) is 0 Å². The van der Waals surface area contributed by atoms with Gasteiger partial charge in [-0.05, 0) is 47.0 Å². The molecule has 34 heavy (non-hydrogen) atoms. The van der Waals surface area contributed by atoms with E-state index in [1.807, 2.05) is 20.8 Å². The van der Waals surface area contributed by atoms with Crippen LogP contribution < -0.4 is 0 Å². The summed E-state index contributed by atoms with van der Waals surface area (Å²) in [7, 11) is 0. The Hall–Kier alpha value is -1.71. The molecule has 0 saturated carbocycles. The zero-order chi connectivity index (χ0) is 25.4. The van der Waals surface area contributed by atoms with Crippen molar-refractivity contribution in [1.82, 2.24) is 9.80 Å². The van der Waals surface area contributed by atoms with Crippen LogP contribution in [0.5, 0.6) is 0 Å². The number of fused-ring (bicyclic) bond motifs is 1. The summed E-state index contributed by atoms with van der Waals surface area (Å²) < 4.78 is 12.0. The molecule has 3 heterocycles. The lowest BCUT2D eigenvalue weighted by molar-refractivity contribution is -0.157. The normalized spacial score (nSPS) is 32.9. The fourth-order valence-corrected chi connectivity index (χ4v) is 6.59. The van der Waals surface area contributed by atoms with E-state index in [1.54, 1.807) is 24.0 Å². The van der Waals surface area contributed by atoms with Gasteiger partial charge in [0.1, 0.15) is 11.6 Å². The van der Waals surface area contributed by atoms with E-state index in [1.165, 1.54) is 4.90 Å². The van der Waals surface area contributed by atoms with E-state index in [0.29, 0.717) is 19.4 Å². The third-order valence-electron chi connectivity index (χ3n) is 7.16. The molecule has 3 aliphatic heterocycles. The third kappa shape index (κ3) is 4.35. The molecule has 0 radical (unpaired) electrons. The summed E-state index contributed by atoms with van der Waals surface area (Å²) in [6, 6.07) is -1.58. The average Bonchev–Trinajstić information content (AvgIpc) is 3.36. The zero-order valence-corrected chi connectivity index (χ0v) is 22.1. The number of rotatable bonds is 10. The highest BCUT2D eigenvalue weighted by molar-refractivity contribution is 9.09. The Morgan fingerprint density at radius 3 is 2.62 bits per heavy atom. The summed E-state index contributed by atoms with van der Waals surface area (Å²) in [5.74, 6) is -2.76. The van der Waals surface area contributed by atoms with Gasteiger partial charge in [0.05, 0.1) is 37.2 Å². The van der Waals surface area contributed by atoms with Crippen molar-refractivity contribution in [2.45, 2.75) is 81.1 Å². The molecule has 2 bridgehead atoms. The van der Waals surface area contributed by atoms with Crippen LogP contribution in [0.25, 0.3) is 0 Å². The molecule has 3 aliphatic rings. The quantitative estimate of drug-likeness (QED) is 0.198. The van der Waals surface area contributed by atoms with Crippen LogP contribution in [0.2, 0.25) is 0 Å². The van der Waals surface area contributed by atoms with E-state index >= 15 is 0 Å². The van der Waals surface area contributed by atoms with Gasteiger partial charge in [0, 0.05) is 16.9 Å². The molecule has 9 heteroatoms. The van der Waals surface area contributed by atoms with Crippen molar-refractivity contribution in [2.75, 3.05) is 19.8 Å². The maximum Gasteiger partial charge on any atom is 0.312 e. The van der Waals surface area contributed by atoms with Crippen LogP contribution in [0.4, 0.5) is 0 Å². The number of alkyl halides is 1. The fraction of sp³-hybridized carbons (Fsp3) is 0.720. The highest BCUT2D eigenvalue weighted by Gasteiger charge is 2.77. The minimum atomic E-state index is -1.17. The number of likely N-dealkylation sites (tertiary alicyclic amines) is 1. The van der Waals surface area contributed by atoms with Gasteiger partial charge in [0.2, 0.25) is 11.8 Å². The Kier molecular flexibility index (Phi) is 7.99. The van der Waals surface area contributed by atoms with Crippen LogP contribution in [-0.2, 0) is 23.9 Å². The number of unbranched alkanes of at least 4 members (excludes halogenated alkanes) is 1. The predicted octanol–water partition coefficient (Wildman–Crippen LogP) is 2.44. The summed E-state index contributed by atoms with van der Waals surface area (Å²) in [6.45, 7) is 15.1. The van der Waals surface area contributed by atoms with Gasteiger partial charge < -0.3 is 24.4 Å². The molecule has 190 valence electrons. The minimum absolute atomic E-state index is 0.204. The second-order valence-electron chi connectivity index (χ2n) is 10.4.